The van der Waals surface area contributed by atoms with E-state index in [1.165, 1.54) is 6.92 Å². The molecule has 0 aromatic heterocycles. The van der Waals surface area contributed by atoms with Gasteiger partial charge in [-0.2, -0.15) is 0 Å². The molecule has 222 valence electrons. The molecule has 1 aliphatic rings. The van der Waals surface area contributed by atoms with Crippen LogP contribution in [0.1, 0.15) is 88.5 Å². The van der Waals surface area contributed by atoms with Crippen molar-refractivity contribution in [1.29, 1.82) is 0 Å². The van der Waals surface area contributed by atoms with Crippen molar-refractivity contribution in [3.8, 4) is 0 Å². The summed E-state index contributed by atoms with van der Waals surface area (Å²) in [5.41, 5.74) is -1.34. The monoisotopic (exact) mass is 554 g/mol. The molecule has 0 heterocycles. The molecule has 0 spiro atoms. The Kier molecular flexibility index (Phi) is 12.9. The fourth-order valence-corrected chi connectivity index (χ4v) is 3.74. The molecule has 0 fully saturated rings. The second kappa shape index (κ2) is 14.9. The van der Waals surface area contributed by atoms with E-state index in [1.807, 2.05) is 13.8 Å². The number of alkyl carbamates (subject to hydrolysis) is 2. The second-order valence-corrected chi connectivity index (χ2v) is 11.2. The van der Waals surface area contributed by atoms with Crippen molar-refractivity contribution >= 4 is 30.0 Å². The van der Waals surface area contributed by atoms with Crippen molar-refractivity contribution in [2.75, 3.05) is 6.61 Å². The van der Waals surface area contributed by atoms with E-state index in [2.05, 4.69) is 20.9 Å². The molecule has 0 saturated heterocycles. The first-order valence-electron chi connectivity index (χ1n) is 13.4. The zero-order valence-corrected chi connectivity index (χ0v) is 24.9. The third kappa shape index (κ3) is 13.0. The molecular formula is C27H46N4O8. The summed E-state index contributed by atoms with van der Waals surface area (Å²) in [6.45, 7) is 17.3. The van der Waals surface area contributed by atoms with Gasteiger partial charge in [0, 0.05) is 18.9 Å². The van der Waals surface area contributed by atoms with E-state index in [0.29, 0.717) is 18.4 Å². The maximum absolute atomic E-state index is 12.7. The summed E-state index contributed by atoms with van der Waals surface area (Å²) in [5, 5.41) is 7.75. The average Bonchev–Trinajstić information content (AvgIpc) is 2.76. The van der Waals surface area contributed by atoms with Crippen molar-refractivity contribution < 1.29 is 38.1 Å². The third-order valence-electron chi connectivity index (χ3n) is 5.26. The second-order valence-electron chi connectivity index (χ2n) is 11.2. The maximum atomic E-state index is 12.7. The minimum Gasteiger partial charge on any atom is -0.463 e. The first-order valence-corrected chi connectivity index (χ1v) is 13.4. The van der Waals surface area contributed by atoms with Gasteiger partial charge in [-0.1, -0.05) is 13.8 Å². The number of nitrogens with one attached hydrogen (secondary N) is 3. The molecule has 3 amide bonds. The molecule has 0 bridgehead atoms. The Hall–Kier alpha value is -3.15. The number of carbonyl (C=O) groups is 4. The zero-order chi connectivity index (χ0) is 30.0. The van der Waals surface area contributed by atoms with Crippen molar-refractivity contribution in [1.82, 2.24) is 16.0 Å². The van der Waals surface area contributed by atoms with Crippen LogP contribution in [-0.2, 0) is 28.5 Å². The van der Waals surface area contributed by atoms with Gasteiger partial charge in [-0.15, -0.1) is 0 Å². The average molecular weight is 555 g/mol. The fraction of sp³-hybridized carbons (Fsp3) is 0.741. The van der Waals surface area contributed by atoms with Crippen LogP contribution in [0.3, 0.4) is 0 Å². The Labute approximate surface area is 231 Å². The van der Waals surface area contributed by atoms with Crippen LogP contribution >= 0.6 is 0 Å². The highest BCUT2D eigenvalue weighted by atomic mass is 16.6. The van der Waals surface area contributed by atoms with Gasteiger partial charge in [0.1, 0.15) is 11.2 Å². The fourth-order valence-electron chi connectivity index (χ4n) is 3.74. The van der Waals surface area contributed by atoms with Crippen LogP contribution in [0, 0.1) is 0 Å². The summed E-state index contributed by atoms with van der Waals surface area (Å²) >= 11 is 0. The smallest absolute Gasteiger partial charge is 0.414 e. The van der Waals surface area contributed by atoms with E-state index in [1.54, 1.807) is 54.5 Å². The molecule has 12 nitrogen and oxygen atoms in total. The van der Waals surface area contributed by atoms with E-state index in [-0.39, 0.29) is 31.0 Å². The Balaban J connectivity index is 3.56. The number of hydrogen-bond donors (Lipinski definition) is 3. The number of guanidine groups is 1. The van der Waals surface area contributed by atoms with Crippen LogP contribution < -0.4 is 16.0 Å². The number of aliphatic imine (C=N–C) groups is 1. The summed E-state index contributed by atoms with van der Waals surface area (Å²) < 4.78 is 22.1. The number of ether oxygens (including phenoxy) is 4. The molecule has 1 rings (SSSR count). The van der Waals surface area contributed by atoms with Crippen LogP contribution in [0.4, 0.5) is 9.59 Å². The SMILES string of the molecule is CCOC(=O)C1=C[C@@H](OC(CC)CC)C(NC(C)=O)[C@@H](N=C(NC(=O)OC(C)(C)C)NC(=O)OC(C)(C)C)C1. The van der Waals surface area contributed by atoms with Gasteiger partial charge < -0.3 is 24.3 Å². The largest absolute Gasteiger partial charge is 0.463 e. The Morgan fingerprint density at radius 3 is 1.87 bits per heavy atom. The lowest BCUT2D eigenvalue weighted by molar-refractivity contribution is -0.139. The first kappa shape index (κ1) is 33.9. The van der Waals surface area contributed by atoms with E-state index >= 15 is 0 Å². The van der Waals surface area contributed by atoms with Gasteiger partial charge in [-0.25, -0.2) is 19.4 Å². The normalized spacial score (nSPS) is 19.4. The topological polar surface area (TPSA) is 154 Å². The Bertz CT molecular complexity index is 897. The number of nitrogens with zero attached hydrogens (tertiary/aromatic N) is 1. The molecule has 3 N–H and O–H groups in total. The van der Waals surface area contributed by atoms with Gasteiger partial charge in [0.05, 0.1) is 30.9 Å². The summed E-state index contributed by atoms with van der Waals surface area (Å²) in [5.74, 6) is -1.16. The standard InChI is InChI=1S/C27H46N4O8/c1-11-18(12-2)37-20-15-17(22(33)36-13-3)14-19(21(20)28-16(4)32)29-23(30-24(34)38-26(5,6)7)31-25(35)39-27(8,9)10/h15,18-21H,11-14H2,1-10H3,(H,28,32)(H2,29,30,31,34,35)/t19-,20+,21?/m0/s1. The predicted octanol–water partition coefficient (Wildman–Crippen LogP) is 3.73. The van der Waals surface area contributed by atoms with Crippen LogP contribution in [0.25, 0.3) is 0 Å². The Morgan fingerprint density at radius 2 is 1.46 bits per heavy atom. The molecule has 0 aromatic carbocycles. The molecule has 0 aromatic rings. The molecule has 0 saturated carbocycles. The molecule has 3 atom stereocenters. The highest BCUT2D eigenvalue weighted by molar-refractivity contribution is 6.01. The van der Waals surface area contributed by atoms with Crippen molar-refractivity contribution in [3.63, 3.8) is 0 Å². The lowest BCUT2D eigenvalue weighted by atomic mass is 9.88. The molecule has 0 radical (unpaired) electrons. The van der Waals surface area contributed by atoms with E-state index in [0.717, 1.165) is 0 Å². The van der Waals surface area contributed by atoms with E-state index in [4.69, 9.17) is 18.9 Å². The minimum absolute atomic E-state index is 0.0437. The summed E-state index contributed by atoms with van der Waals surface area (Å²) in [6.07, 6.45) is 0.500. The molecule has 0 aliphatic heterocycles. The molecular weight excluding hydrogens is 508 g/mol. The zero-order valence-electron chi connectivity index (χ0n) is 24.9. The van der Waals surface area contributed by atoms with Gasteiger partial charge in [0.25, 0.3) is 0 Å². The van der Waals surface area contributed by atoms with Gasteiger partial charge in [0.2, 0.25) is 11.9 Å². The van der Waals surface area contributed by atoms with Gasteiger partial charge in [-0.05, 0) is 67.4 Å². The molecule has 1 aliphatic carbocycles. The molecule has 39 heavy (non-hydrogen) atoms. The van der Waals surface area contributed by atoms with Gasteiger partial charge in [0.15, 0.2) is 0 Å². The van der Waals surface area contributed by atoms with Crippen LogP contribution in [-0.4, -0.2) is 72.1 Å². The first-order chi connectivity index (χ1) is 18.0. The van der Waals surface area contributed by atoms with Crippen LogP contribution in [0.2, 0.25) is 0 Å². The van der Waals surface area contributed by atoms with Crippen molar-refractivity contribution in [2.24, 2.45) is 4.99 Å². The van der Waals surface area contributed by atoms with Crippen LogP contribution in [0.5, 0.6) is 0 Å². The maximum Gasteiger partial charge on any atom is 0.414 e. The number of esters is 1. The van der Waals surface area contributed by atoms with Gasteiger partial charge >= 0.3 is 18.2 Å². The van der Waals surface area contributed by atoms with Crippen molar-refractivity contribution in [2.45, 2.75) is 124 Å². The summed E-state index contributed by atoms with van der Waals surface area (Å²) in [6, 6.07) is -1.56. The van der Waals surface area contributed by atoms with Crippen LogP contribution in [0.15, 0.2) is 16.6 Å². The number of rotatable bonds is 8. The highest BCUT2D eigenvalue weighted by Gasteiger charge is 2.38. The van der Waals surface area contributed by atoms with E-state index in [9.17, 15) is 19.2 Å². The quantitative estimate of drug-likeness (QED) is 0.178. The lowest BCUT2D eigenvalue weighted by Crippen LogP contribution is -2.55. The number of amides is 3. The highest BCUT2D eigenvalue weighted by Crippen LogP contribution is 2.27. The molecule has 12 heteroatoms. The lowest BCUT2D eigenvalue weighted by Gasteiger charge is -2.37. The third-order valence-corrected chi connectivity index (χ3v) is 5.26. The molecule has 1 unspecified atom stereocenters. The number of carbonyl (C=O) groups excluding carboxylic acids is 4. The van der Waals surface area contributed by atoms with Gasteiger partial charge in [-0.3, -0.25) is 15.4 Å². The Morgan fingerprint density at radius 1 is 0.949 bits per heavy atom. The summed E-state index contributed by atoms with van der Waals surface area (Å²) in [7, 11) is 0. The number of hydrogen-bond acceptors (Lipinski definition) is 9. The van der Waals surface area contributed by atoms with Crippen molar-refractivity contribution in [3.05, 3.63) is 11.6 Å². The van der Waals surface area contributed by atoms with E-state index < -0.39 is 47.5 Å². The predicted molar refractivity (Wildman–Crippen MR) is 146 cm³/mol. The minimum atomic E-state index is -0.866. The summed E-state index contributed by atoms with van der Waals surface area (Å²) in [4.78, 5) is 54.7.